The van der Waals surface area contributed by atoms with Crippen molar-refractivity contribution in [3.05, 3.63) is 41.2 Å². The Morgan fingerprint density at radius 1 is 1.11 bits per heavy atom. The van der Waals surface area contributed by atoms with E-state index in [9.17, 15) is 14.4 Å². The summed E-state index contributed by atoms with van der Waals surface area (Å²) in [5.41, 5.74) is 0. The van der Waals surface area contributed by atoms with Gasteiger partial charge in [0.1, 0.15) is 0 Å². The summed E-state index contributed by atoms with van der Waals surface area (Å²) in [6, 6.07) is 7.04. The summed E-state index contributed by atoms with van der Waals surface area (Å²) >= 11 is 1.24. The first kappa shape index (κ1) is 18.7. The molecule has 148 valence electrons. The Labute approximate surface area is 166 Å². The van der Waals surface area contributed by atoms with Crippen molar-refractivity contribution in [2.75, 3.05) is 38.0 Å². The summed E-state index contributed by atoms with van der Waals surface area (Å²) in [5, 5.41) is 6.32. The van der Waals surface area contributed by atoms with Crippen molar-refractivity contribution in [1.29, 1.82) is 0 Å². The number of carbonyl (C=O) groups excluding carboxylic acids is 3. The summed E-state index contributed by atoms with van der Waals surface area (Å²) in [6.45, 7) is 2.91. The highest BCUT2D eigenvalue weighted by molar-refractivity contribution is 7.18. The monoisotopic (exact) mass is 402 g/mol. The maximum absolute atomic E-state index is 12.7. The van der Waals surface area contributed by atoms with E-state index >= 15 is 0 Å². The number of amides is 3. The Hall–Kier alpha value is -2.65. The van der Waals surface area contributed by atoms with E-state index in [4.69, 9.17) is 4.42 Å². The molecule has 3 amide bonds. The fraction of sp³-hybridized carbons (Fsp3) is 0.421. The van der Waals surface area contributed by atoms with Gasteiger partial charge < -0.3 is 20.0 Å². The van der Waals surface area contributed by atoms with Crippen LogP contribution >= 0.6 is 11.3 Å². The molecule has 0 aromatic carbocycles. The SMILES string of the molecule is O=C(CN1CCN(C(=O)c2ccc(NC(=O)c3ccco3)s2)CC1)NC1CC1. The van der Waals surface area contributed by atoms with E-state index in [2.05, 4.69) is 15.5 Å². The first-order valence-electron chi connectivity index (χ1n) is 9.34. The van der Waals surface area contributed by atoms with E-state index in [1.54, 1.807) is 29.2 Å². The third kappa shape index (κ3) is 4.60. The lowest BCUT2D eigenvalue weighted by atomic mass is 10.3. The zero-order valence-corrected chi connectivity index (χ0v) is 16.2. The number of anilines is 1. The molecule has 0 unspecified atom stereocenters. The van der Waals surface area contributed by atoms with Gasteiger partial charge in [-0.1, -0.05) is 0 Å². The van der Waals surface area contributed by atoms with Gasteiger partial charge in [-0.2, -0.15) is 0 Å². The number of hydrogen-bond donors (Lipinski definition) is 2. The third-order valence-corrected chi connectivity index (χ3v) is 5.76. The first-order chi connectivity index (χ1) is 13.6. The molecular formula is C19H22N4O4S. The molecule has 3 heterocycles. The minimum absolute atomic E-state index is 0.0504. The van der Waals surface area contributed by atoms with Gasteiger partial charge in [-0.25, -0.2) is 0 Å². The van der Waals surface area contributed by atoms with Crippen molar-refractivity contribution in [2.24, 2.45) is 0 Å². The quantitative estimate of drug-likeness (QED) is 0.766. The smallest absolute Gasteiger partial charge is 0.291 e. The molecule has 1 aliphatic heterocycles. The molecule has 0 atom stereocenters. The third-order valence-electron chi connectivity index (χ3n) is 4.77. The van der Waals surface area contributed by atoms with Gasteiger partial charge >= 0.3 is 0 Å². The van der Waals surface area contributed by atoms with Crippen LogP contribution in [0.3, 0.4) is 0 Å². The molecule has 2 fully saturated rings. The molecule has 28 heavy (non-hydrogen) atoms. The van der Waals surface area contributed by atoms with Crippen molar-refractivity contribution < 1.29 is 18.8 Å². The summed E-state index contributed by atoms with van der Waals surface area (Å²) in [5.74, 6) is -0.102. The van der Waals surface area contributed by atoms with E-state index in [1.165, 1.54) is 17.6 Å². The molecule has 2 aliphatic rings. The van der Waals surface area contributed by atoms with Crippen LogP contribution < -0.4 is 10.6 Å². The number of thiophene rings is 1. The van der Waals surface area contributed by atoms with Crippen LogP contribution in [-0.2, 0) is 4.79 Å². The molecule has 0 radical (unpaired) electrons. The second kappa shape index (κ2) is 8.15. The lowest BCUT2D eigenvalue weighted by molar-refractivity contribution is -0.122. The van der Waals surface area contributed by atoms with Gasteiger partial charge in [0.2, 0.25) is 5.91 Å². The molecule has 9 heteroatoms. The van der Waals surface area contributed by atoms with E-state index in [-0.39, 0.29) is 23.5 Å². The zero-order chi connectivity index (χ0) is 19.5. The van der Waals surface area contributed by atoms with Crippen LogP contribution in [0.2, 0.25) is 0 Å². The molecule has 1 aliphatic carbocycles. The average molecular weight is 402 g/mol. The normalized spacial score (nSPS) is 17.4. The maximum atomic E-state index is 12.7. The van der Waals surface area contributed by atoms with E-state index in [1.807, 2.05) is 0 Å². The molecule has 2 aromatic rings. The van der Waals surface area contributed by atoms with Crippen molar-refractivity contribution in [3.8, 4) is 0 Å². The maximum Gasteiger partial charge on any atom is 0.291 e. The van der Waals surface area contributed by atoms with E-state index in [0.717, 1.165) is 12.8 Å². The number of piperazine rings is 1. The van der Waals surface area contributed by atoms with Crippen LogP contribution in [0.5, 0.6) is 0 Å². The van der Waals surface area contributed by atoms with Gasteiger partial charge in [0.15, 0.2) is 5.76 Å². The first-order valence-corrected chi connectivity index (χ1v) is 10.2. The molecule has 0 spiro atoms. The summed E-state index contributed by atoms with van der Waals surface area (Å²) in [7, 11) is 0. The van der Waals surface area contributed by atoms with Crippen LogP contribution in [0.15, 0.2) is 34.9 Å². The highest BCUT2D eigenvalue weighted by Crippen LogP contribution is 2.24. The van der Waals surface area contributed by atoms with Gasteiger partial charge in [0, 0.05) is 32.2 Å². The van der Waals surface area contributed by atoms with Crippen molar-refractivity contribution >= 4 is 34.1 Å². The number of nitrogens with one attached hydrogen (secondary N) is 2. The van der Waals surface area contributed by atoms with Gasteiger partial charge in [-0.3, -0.25) is 19.3 Å². The fourth-order valence-electron chi connectivity index (χ4n) is 3.07. The minimum atomic E-state index is -0.344. The molecule has 1 saturated carbocycles. The lowest BCUT2D eigenvalue weighted by Crippen LogP contribution is -2.51. The number of carbonyl (C=O) groups is 3. The van der Waals surface area contributed by atoms with Crippen LogP contribution in [0.25, 0.3) is 0 Å². The number of furan rings is 1. The Morgan fingerprint density at radius 2 is 1.89 bits per heavy atom. The van der Waals surface area contributed by atoms with E-state index < -0.39 is 0 Å². The standard InChI is InChI=1S/C19H22N4O4S/c24-16(20-13-3-4-13)12-22-7-9-23(10-8-22)19(26)15-5-6-17(28-15)21-18(25)14-2-1-11-27-14/h1-2,5-6,11,13H,3-4,7-10,12H2,(H,20,24)(H,21,25). The Morgan fingerprint density at radius 3 is 2.57 bits per heavy atom. The second-order valence-electron chi connectivity index (χ2n) is 7.01. The topological polar surface area (TPSA) is 94.9 Å². The molecule has 1 saturated heterocycles. The lowest BCUT2D eigenvalue weighted by Gasteiger charge is -2.34. The van der Waals surface area contributed by atoms with Crippen molar-refractivity contribution in [1.82, 2.24) is 15.1 Å². The fourth-order valence-corrected chi connectivity index (χ4v) is 3.94. The van der Waals surface area contributed by atoms with Gasteiger partial charge in [0.25, 0.3) is 11.8 Å². The summed E-state index contributed by atoms with van der Waals surface area (Å²) < 4.78 is 5.06. The largest absolute Gasteiger partial charge is 0.459 e. The molecule has 4 rings (SSSR count). The molecular weight excluding hydrogens is 380 g/mol. The highest BCUT2D eigenvalue weighted by Gasteiger charge is 2.27. The van der Waals surface area contributed by atoms with E-state index in [0.29, 0.717) is 48.6 Å². The molecule has 8 nitrogen and oxygen atoms in total. The molecule has 0 bridgehead atoms. The Bertz CT molecular complexity index is 851. The van der Waals surface area contributed by atoms with Crippen LogP contribution in [0.4, 0.5) is 5.00 Å². The van der Waals surface area contributed by atoms with Crippen LogP contribution in [-0.4, -0.2) is 66.3 Å². The minimum Gasteiger partial charge on any atom is -0.459 e. The number of nitrogens with zero attached hydrogens (tertiary/aromatic N) is 2. The van der Waals surface area contributed by atoms with Crippen LogP contribution in [0.1, 0.15) is 33.1 Å². The van der Waals surface area contributed by atoms with Gasteiger partial charge in [-0.05, 0) is 37.1 Å². The Kier molecular flexibility index (Phi) is 5.45. The summed E-state index contributed by atoms with van der Waals surface area (Å²) in [6.07, 6.45) is 3.60. The predicted octanol–water partition coefficient (Wildman–Crippen LogP) is 1.63. The Balaban J connectivity index is 1.26. The van der Waals surface area contributed by atoms with Crippen LogP contribution in [0, 0.1) is 0 Å². The number of rotatable bonds is 6. The highest BCUT2D eigenvalue weighted by atomic mass is 32.1. The number of hydrogen-bond acceptors (Lipinski definition) is 6. The van der Waals surface area contributed by atoms with Crippen molar-refractivity contribution in [2.45, 2.75) is 18.9 Å². The predicted molar refractivity (Wildman–Crippen MR) is 104 cm³/mol. The summed E-state index contributed by atoms with van der Waals surface area (Å²) in [4.78, 5) is 41.1. The van der Waals surface area contributed by atoms with Gasteiger partial charge in [-0.15, -0.1) is 11.3 Å². The van der Waals surface area contributed by atoms with Gasteiger partial charge in [0.05, 0.1) is 22.7 Å². The second-order valence-corrected chi connectivity index (χ2v) is 8.09. The molecule has 2 N–H and O–H groups in total. The average Bonchev–Trinajstić information content (AvgIpc) is 3.15. The molecule has 2 aromatic heterocycles. The zero-order valence-electron chi connectivity index (χ0n) is 15.3. The van der Waals surface area contributed by atoms with Crippen molar-refractivity contribution in [3.63, 3.8) is 0 Å².